The normalized spacial score (nSPS) is 10.8. The zero-order valence-corrected chi connectivity index (χ0v) is 15.6. The molecule has 1 N–H and O–H groups in total. The van der Waals surface area contributed by atoms with Crippen LogP contribution in [0, 0.1) is 0 Å². The van der Waals surface area contributed by atoms with Crippen molar-refractivity contribution in [2.24, 2.45) is 0 Å². The molecule has 0 aliphatic heterocycles. The van der Waals surface area contributed by atoms with Crippen LogP contribution in [0.1, 0.15) is 11.1 Å². The molecule has 0 atom stereocenters. The van der Waals surface area contributed by atoms with Crippen LogP contribution in [0.3, 0.4) is 0 Å². The van der Waals surface area contributed by atoms with Gasteiger partial charge in [0.1, 0.15) is 11.7 Å². The van der Waals surface area contributed by atoms with Crippen LogP contribution in [0.2, 0.25) is 0 Å². The Balaban J connectivity index is 1.52. The first-order valence-electron chi connectivity index (χ1n) is 8.54. The molecule has 3 heterocycles. The summed E-state index contributed by atoms with van der Waals surface area (Å²) in [6.07, 6.45) is 5.27. The first-order valence-corrected chi connectivity index (χ1v) is 9.53. The lowest BCUT2D eigenvalue weighted by molar-refractivity contribution is 0.485. The van der Waals surface area contributed by atoms with Crippen molar-refractivity contribution >= 4 is 23.5 Å². The molecule has 28 heavy (non-hydrogen) atoms. The molecule has 3 aromatic heterocycles. The number of nitrogens with one attached hydrogen (secondary N) is 1. The van der Waals surface area contributed by atoms with Gasteiger partial charge in [-0.3, -0.25) is 4.98 Å². The maximum absolute atomic E-state index is 12.8. The highest BCUT2D eigenvalue weighted by Crippen LogP contribution is 2.31. The Morgan fingerprint density at radius 3 is 2.71 bits per heavy atom. The number of halogens is 1. The van der Waals surface area contributed by atoms with Crippen molar-refractivity contribution in [1.82, 2.24) is 20.2 Å². The van der Waals surface area contributed by atoms with E-state index in [1.54, 1.807) is 48.6 Å². The van der Waals surface area contributed by atoms with Gasteiger partial charge in [-0.15, -0.1) is 16.9 Å². The molecule has 0 aliphatic carbocycles. The number of rotatable bonds is 7. The third-order valence-electron chi connectivity index (χ3n) is 3.88. The zero-order valence-electron chi connectivity index (χ0n) is 14.7. The molecule has 0 radical (unpaired) electrons. The molecule has 0 bridgehead atoms. The van der Waals surface area contributed by atoms with Gasteiger partial charge in [0, 0.05) is 30.0 Å². The lowest BCUT2D eigenvalue weighted by Crippen LogP contribution is -1.91. The van der Waals surface area contributed by atoms with Gasteiger partial charge in [-0.25, -0.2) is 9.37 Å². The quantitative estimate of drug-likeness (QED) is 0.441. The van der Waals surface area contributed by atoms with E-state index in [9.17, 15) is 4.39 Å². The fourth-order valence-electron chi connectivity index (χ4n) is 2.54. The topological polar surface area (TPSA) is 76.7 Å². The molecule has 0 fully saturated rings. The molecular weight excluding hydrogens is 377 g/mol. The molecular formula is C20H16FN5OS. The number of thioether (sulfide) groups is 1. The number of alkyl halides is 1. The van der Waals surface area contributed by atoms with Crippen molar-refractivity contribution in [2.75, 3.05) is 5.32 Å². The summed E-state index contributed by atoms with van der Waals surface area (Å²) >= 11 is 1.58. The lowest BCUT2D eigenvalue weighted by atomic mass is 10.2. The number of benzene rings is 1. The minimum Gasteiger partial charge on any atom is -0.403 e. The Bertz CT molecular complexity index is 1060. The predicted molar refractivity (Wildman–Crippen MR) is 106 cm³/mol. The Hall–Kier alpha value is -3.26. The molecule has 140 valence electrons. The molecule has 1 aromatic carbocycles. The van der Waals surface area contributed by atoms with Gasteiger partial charge in [-0.1, -0.05) is 17.2 Å². The molecule has 4 rings (SSSR count). The largest absolute Gasteiger partial charge is 0.403 e. The van der Waals surface area contributed by atoms with E-state index in [0.29, 0.717) is 17.1 Å². The van der Waals surface area contributed by atoms with Crippen molar-refractivity contribution in [2.45, 2.75) is 17.5 Å². The second kappa shape index (κ2) is 8.62. The van der Waals surface area contributed by atoms with Gasteiger partial charge in [-0.2, -0.15) is 0 Å². The van der Waals surface area contributed by atoms with E-state index in [-0.39, 0.29) is 6.01 Å². The Kier molecular flexibility index (Phi) is 5.58. The highest BCUT2D eigenvalue weighted by atomic mass is 32.2. The molecule has 0 amide bonds. The van der Waals surface area contributed by atoms with E-state index in [2.05, 4.69) is 25.5 Å². The van der Waals surface area contributed by atoms with E-state index in [4.69, 9.17) is 4.42 Å². The van der Waals surface area contributed by atoms with Gasteiger partial charge in [0.25, 0.3) is 5.89 Å². The van der Waals surface area contributed by atoms with E-state index >= 15 is 0 Å². The summed E-state index contributed by atoms with van der Waals surface area (Å²) in [5.74, 6) is 1.12. The fraction of sp³-hybridized carbons (Fsp3) is 0.100. The second-order valence-corrected chi connectivity index (χ2v) is 6.84. The van der Waals surface area contributed by atoms with Crippen LogP contribution in [-0.2, 0) is 12.4 Å². The summed E-state index contributed by atoms with van der Waals surface area (Å²) in [5.41, 5.74) is 3.17. The lowest BCUT2D eigenvalue weighted by Gasteiger charge is -2.05. The zero-order chi connectivity index (χ0) is 19.2. The van der Waals surface area contributed by atoms with Crippen LogP contribution in [0.5, 0.6) is 0 Å². The minimum absolute atomic E-state index is 0.236. The standard InChI is InChI=1S/C20H16FN5OS/c21-12-15-3-1-4-16(11-15)24-20-26-25-18(27-20)17-5-2-8-23-19(17)28-13-14-6-9-22-10-7-14/h1-11H,12-13H2,(H,24,26). The molecule has 0 saturated heterocycles. The molecule has 0 unspecified atom stereocenters. The highest BCUT2D eigenvalue weighted by molar-refractivity contribution is 7.98. The average molecular weight is 393 g/mol. The summed E-state index contributed by atoms with van der Waals surface area (Å²) in [4.78, 5) is 8.47. The smallest absolute Gasteiger partial charge is 0.320 e. The van der Waals surface area contributed by atoms with Crippen LogP contribution in [-0.4, -0.2) is 20.2 Å². The van der Waals surface area contributed by atoms with Gasteiger partial charge in [-0.05, 0) is 47.5 Å². The van der Waals surface area contributed by atoms with E-state index in [0.717, 1.165) is 21.9 Å². The SMILES string of the molecule is FCc1cccc(Nc2nnc(-c3cccnc3SCc3ccncc3)o2)c1. The van der Waals surface area contributed by atoms with Gasteiger partial charge in [0.05, 0.1) is 5.56 Å². The van der Waals surface area contributed by atoms with E-state index in [1.165, 1.54) is 0 Å². The monoisotopic (exact) mass is 393 g/mol. The first kappa shape index (κ1) is 18.1. The van der Waals surface area contributed by atoms with Crippen LogP contribution in [0.15, 0.2) is 76.6 Å². The van der Waals surface area contributed by atoms with Crippen LogP contribution >= 0.6 is 11.8 Å². The fourth-order valence-corrected chi connectivity index (χ4v) is 3.48. The molecule has 8 heteroatoms. The maximum atomic E-state index is 12.8. The number of pyridine rings is 2. The predicted octanol–water partition coefficient (Wildman–Crippen LogP) is 5.03. The third kappa shape index (κ3) is 4.34. The number of hydrogen-bond donors (Lipinski definition) is 1. The van der Waals surface area contributed by atoms with Crippen molar-refractivity contribution in [1.29, 1.82) is 0 Å². The number of hydrogen-bond acceptors (Lipinski definition) is 7. The summed E-state index contributed by atoms with van der Waals surface area (Å²) in [6, 6.07) is 14.9. The van der Waals surface area contributed by atoms with Gasteiger partial charge >= 0.3 is 6.01 Å². The molecule has 0 aliphatic rings. The second-order valence-electron chi connectivity index (χ2n) is 5.87. The molecule has 0 saturated carbocycles. The van der Waals surface area contributed by atoms with Gasteiger partial charge in [0.2, 0.25) is 0 Å². The maximum Gasteiger partial charge on any atom is 0.320 e. The van der Waals surface area contributed by atoms with E-state index in [1.807, 2.05) is 30.3 Å². The molecule has 4 aromatic rings. The summed E-state index contributed by atoms with van der Waals surface area (Å²) in [5, 5.41) is 12.0. The Morgan fingerprint density at radius 2 is 1.86 bits per heavy atom. The average Bonchev–Trinajstić information content (AvgIpc) is 3.21. The van der Waals surface area contributed by atoms with Crippen molar-refractivity contribution in [3.05, 3.63) is 78.2 Å². The van der Waals surface area contributed by atoms with E-state index < -0.39 is 6.67 Å². The summed E-state index contributed by atoms with van der Waals surface area (Å²) < 4.78 is 18.6. The van der Waals surface area contributed by atoms with Crippen LogP contribution in [0.4, 0.5) is 16.1 Å². The first-order chi connectivity index (χ1) is 13.8. The minimum atomic E-state index is -0.529. The van der Waals surface area contributed by atoms with Crippen LogP contribution < -0.4 is 5.32 Å². The Morgan fingerprint density at radius 1 is 0.964 bits per heavy atom. The Labute approximate surface area is 165 Å². The number of nitrogens with zero attached hydrogens (tertiary/aromatic N) is 4. The molecule has 6 nitrogen and oxygen atoms in total. The third-order valence-corrected chi connectivity index (χ3v) is 4.96. The van der Waals surface area contributed by atoms with Gasteiger partial charge < -0.3 is 9.73 Å². The number of anilines is 2. The highest BCUT2D eigenvalue weighted by Gasteiger charge is 2.14. The van der Waals surface area contributed by atoms with Crippen LogP contribution in [0.25, 0.3) is 11.5 Å². The van der Waals surface area contributed by atoms with Crippen molar-refractivity contribution in [3.8, 4) is 11.5 Å². The van der Waals surface area contributed by atoms with Crippen molar-refractivity contribution in [3.63, 3.8) is 0 Å². The summed E-state index contributed by atoms with van der Waals surface area (Å²) in [6.45, 7) is -0.529. The van der Waals surface area contributed by atoms with Gasteiger partial charge in [0.15, 0.2) is 0 Å². The number of aromatic nitrogens is 4. The van der Waals surface area contributed by atoms with Crippen molar-refractivity contribution < 1.29 is 8.81 Å². The molecule has 0 spiro atoms. The summed E-state index contributed by atoms with van der Waals surface area (Å²) in [7, 11) is 0.